The maximum Gasteiger partial charge on any atom is 0.279 e. The predicted octanol–water partition coefficient (Wildman–Crippen LogP) is -0.648. The SMILES string of the molecule is [C-]#[N+]C#CC(N)=O. The summed E-state index contributed by atoms with van der Waals surface area (Å²) in [4.78, 5) is 12.2. The van der Waals surface area contributed by atoms with Gasteiger partial charge in [0.05, 0.1) is 0 Å². The Bertz CT molecular complexity index is 166. The number of carbonyl (C=O) groups excluding carboxylic acids is 1. The highest BCUT2D eigenvalue weighted by atomic mass is 16.1. The highest BCUT2D eigenvalue weighted by Crippen LogP contribution is 1.53. The second-order valence-electron chi connectivity index (χ2n) is 0.713. The minimum atomic E-state index is -0.768. The van der Waals surface area contributed by atoms with E-state index in [2.05, 4.69) is 10.6 Å². The molecule has 0 atom stereocenters. The second kappa shape index (κ2) is 2.74. The van der Waals surface area contributed by atoms with Crippen molar-refractivity contribution in [2.75, 3.05) is 0 Å². The van der Waals surface area contributed by atoms with Crippen molar-refractivity contribution < 1.29 is 4.79 Å². The molecule has 0 rings (SSSR count). The van der Waals surface area contributed by atoms with Crippen LogP contribution >= 0.6 is 0 Å². The molecule has 0 aromatic heterocycles. The summed E-state index contributed by atoms with van der Waals surface area (Å²) in [5.74, 6) is 1.06. The largest absolute Gasteiger partial charge is 0.360 e. The van der Waals surface area contributed by atoms with Crippen LogP contribution in [0.2, 0.25) is 0 Å². The normalized spacial score (nSPS) is 5.00. The third-order valence-corrected chi connectivity index (χ3v) is 0.235. The Labute approximate surface area is 40.9 Å². The van der Waals surface area contributed by atoms with Gasteiger partial charge >= 0.3 is 0 Å². The molecule has 34 valence electrons. The minimum absolute atomic E-state index is 0.768. The van der Waals surface area contributed by atoms with Crippen molar-refractivity contribution in [1.29, 1.82) is 0 Å². The first-order valence-corrected chi connectivity index (χ1v) is 1.44. The summed E-state index contributed by atoms with van der Waals surface area (Å²) in [6, 6.07) is 1.81. The minimum Gasteiger partial charge on any atom is -0.360 e. The third kappa shape index (κ3) is 4.52. The van der Waals surface area contributed by atoms with Crippen molar-refractivity contribution in [2.24, 2.45) is 5.73 Å². The van der Waals surface area contributed by atoms with Gasteiger partial charge in [0.2, 0.25) is 0 Å². The summed E-state index contributed by atoms with van der Waals surface area (Å²) in [5.41, 5.74) is 4.52. The predicted molar refractivity (Wildman–Crippen MR) is 23.6 cm³/mol. The number of nitrogens with two attached hydrogens (primary N) is 1. The lowest BCUT2D eigenvalue weighted by molar-refractivity contribution is -0.112. The Morgan fingerprint density at radius 1 is 1.86 bits per heavy atom. The first-order chi connectivity index (χ1) is 3.27. The van der Waals surface area contributed by atoms with Crippen LogP contribution in [-0.2, 0) is 4.79 Å². The van der Waals surface area contributed by atoms with Gasteiger partial charge in [0.1, 0.15) is 12.6 Å². The van der Waals surface area contributed by atoms with E-state index in [1.54, 1.807) is 0 Å². The Morgan fingerprint density at radius 2 is 2.43 bits per heavy atom. The number of amides is 1. The van der Waals surface area contributed by atoms with Crippen LogP contribution in [0.25, 0.3) is 4.85 Å². The molecule has 0 heterocycles. The summed E-state index contributed by atoms with van der Waals surface area (Å²) < 4.78 is 0. The smallest absolute Gasteiger partial charge is 0.279 e. The van der Waals surface area contributed by atoms with Crippen LogP contribution in [-0.4, -0.2) is 5.91 Å². The maximum atomic E-state index is 9.66. The van der Waals surface area contributed by atoms with Crippen LogP contribution in [0.5, 0.6) is 0 Å². The van der Waals surface area contributed by atoms with E-state index in [0.717, 1.165) is 0 Å². The monoisotopic (exact) mass is 94.0 g/mol. The third-order valence-electron chi connectivity index (χ3n) is 0.235. The number of hydrogen-bond acceptors (Lipinski definition) is 1. The van der Waals surface area contributed by atoms with Crippen molar-refractivity contribution in [3.05, 3.63) is 11.4 Å². The number of carbonyl (C=O) groups is 1. The van der Waals surface area contributed by atoms with Crippen LogP contribution in [0.4, 0.5) is 0 Å². The molecule has 2 N–H and O–H groups in total. The van der Waals surface area contributed by atoms with Gasteiger partial charge in [0.15, 0.2) is 0 Å². The van der Waals surface area contributed by atoms with E-state index in [9.17, 15) is 4.79 Å². The molecule has 3 nitrogen and oxygen atoms in total. The van der Waals surface area contributed by atoms with Gasteiger partial charge in [-0.15, -0.1) is 0 Å². The zero-order valence-electron chi connectivity index (χ0n) is 3.43. The van der Waals surface area contributed by atoms with Gasteiger partial charge in [-0.1, -0.05) is 0 Å². The first kappa shape index (κ1) is 5.52. The summed E-state index contributed by atoms with van der Waals surface area (Å²) in [7, 11) is 0. The Balaban J connectivity index is 3.74. The van der Waals surface area contributed by atoms with E-state index in [1.165, 1.54) is 0 Å². The van der Waals surface area contributed by atoms with Crippen molar-refractivity contribution in [3.63, 3.8) is 0 Å². The number of nitrogens with zero attached hydrogens (tertiary/aromatic N) is 1. The van der Waals surface area contributed by atoms with E-state index in [1.807, 2.05) is 12.0 Å². The number of hydrogen-bond donors (Lipinski definition) is 1. The number of rotatable bonds is 0. The Morgan fingerprint density at radius 3 is 2.57 bits per heavy atom. The summed E-state index contributed by atoms with van der Waals surface area (Å²) in [6.45, 7) is 6.04. The molecule has 0 spiro atoms. The van der Waals surface area contributed by atoms with Gasteiger partial charge in [-0.2, -0.15) is 4.85 Å². The zero-order valence-corrected chi connectivity index (χ0v) is 3.43. The Hall–Kier alpha value is -1.48. The molecule has 0 aliphatic rings. The molecule has 0 unspecified atom stereocenters. The molecule has 0 bridgehead atoms. The molecular weight excluding hydrogens is 92.1 g/mol. The van der Waals surface area contributed by atoms with Gasteiger partial charge in [-0.3, -0.25) is 4.79 Å². The fraction of sp³-hybridized carbons (Fsp3) is 0. The first-order valence-electron chi connectivity index (χ1n) is 1.44. The highest BCUT2D eigenvalue weighted by Gasteiger charge is 1.72. The summed E-state index contributed by atoms with van der Waals surface area (Å²) in [6.07, 6.45) is 0. The molecule has 0 aliphatic carbocycles. The van der Waals surface area contributed by atoms with Crippen molar-refractivity contribution in [1.82, 2.24) is 0 Å². The average Bonchev–Trinajstić information content (AvgIpc) is 1.61. The number of primary amides is 1. The van der Waals surface area contributed by atoms with Gasteiger partial charge < -0.3 is 5.73 Å². The average molecular weight is 94.1 g/mol. The Kier molecular flexibility index (Phi) is 2.16. The molecule has 0 radical (unpaired) electrons. The molecule has 0 aromatic rings. The summed E-state index contributed by atoms with van der Waals surface area (Å²) in [5, 5.41) is 0. The standard InChI is InChI=1S/C4H2N2O/c1-6-3-2-4(5)7/h(H2,5,7). The molecule has 0 saturated carbocycles. The molecule has 3 heteroatoms. The zero-order chi connectivity index (χ0) is 5.70. The van der Waals surface area contributed by atoms with Gasteiger partial charge in [-0.05, 0) is 5.92 Å². The molecule has 1 amide bonds. The van der Waals surface area contributed by atoms with Gasteiger partial charge in [0.25, 0.3) is 5.91 Å². The van der Waals surface area contributed by atoms with E-state index in [-0.39, 0.29) is 0 Å². The van der Waals surface area contributed by atoms with E-state index in [4.69, 9.17) is 6.57 Å². The molecule has 7 heavy (non-hydrogen) atoms. The fourth-order valence-corrected chi connectivity index (χ4v) is 0.0830. The lowest BCUT2D eigenvalue weighted by atomic mass is 10.7. The quantitative estimate of drug-likeness (QED) is 0.314. The van der Waals surface area contributed by atoms with Crippen LogP contribution in [0, 0.1) is 18.5 Å². The lowest BCUT2D eigenvalue weighted by Crippen LogP contribution is -2.05. The van der Waals surface area contributed by atoms with E-state index < -0.39 is 5.91 Å². The molecule has 0 saturated heterocycles. The van der Waals surface area contributed by atoms with Gasteiger partial charge in [-0.25, -0.2) is 0 Å². The second-order valence-corrected chi connectivity index (χ2v) is 0.713. The lowest BCUT2D eigenvalue weighted by Gasteiger charge is -1.64. The van der Waals surface area contributed by atoms with Crippen molar-refractivity contribution in [2.45, 2.75) is 0 Å². The van der Waals surface area contributed by atoms with Crippen molar-refractivity contribution >= 4 is 5.91 Å². The molecular formula is C4H2N2O. The van der Waals surface area contributed by atoms with Crippen LogP contribution in [0.3, 0.4) is 0 Å². The van der Waals surface area contributed by atoms with Crippen molar-refractivity contribution in [3.8, 4) is 12.0 Å². The van der Waals surface area contributed by atoms with Crippen LogP contribution in [0.1, 0.15) is 0 Å². The van der Waals surface area contributed by atoms with Crippen LogP contribution in [0.15, 0.2) is 0 Å². The van der Waals surface area contributed by atoms with E-state index >= 15 is 0 Å². The fourth-order valence-electron chi connectivity index (χ4n) is 0.0830. The van der Waals surface area contributed by atoms with Crippen LogP contribution < -0.4 is 5.73 Å². The van der Waals surface area contributed by atoms with E-state index in [0.29, 0.717) is 0 Å². The molecule has 0 aliphatic heterocycles. The highest BCUT2D eigenvalue weighted by molar-refractivity contribution is 5.92. The maximum absolute atomic E-state index is 9.66. The topological polar surface area (TPSA) is 47.5 Å². The molecule has 0 aromatic carbocycles. The summed E-state index contributed by atoms with van der Waals surface area (Å²) >= 11 is 0. The molecule has 0 fully saturated rings. The van der Waals surface area contributed by atoms with Gasteiger partial charge in [0, 0.05) is 0 Å².